The predicted octanol–water partition coefficient (Wildman–Crippen LogP) is 2.61. The van der Waals surface area contributed by atoms with Crippen molar-refractivity contribution >= 4 is 40.2 Å². The summed E-state index contributed by atoms with van der Waals surface area (Å²) in [5.41, 5.74) is 0.722. The van der Waals surface area contributed by atoms with E-state index in [1.54, 1.807) is 25.3 Å². The lowest BCUT2D eigenvalue weighted by atomic mass is 10.2. The van der Waals surface area contributed by atoms with Gasteiger partial charge in [-0.25, -0.2) is 9.97 Å². The van der Waals surface area contributed by atoms with Gasteiger partial charge in [0.15, 0.2) is 5.82 Å². The average molecular weight is 299 g/mol. The monoisotopic (exact) mass is 298 g/mol. The molecule has 2 aromatic rings. The zero-order valence-electron chi connectivity index (χ0n) is 10.1. The maximum absolute atomic E-state index is 10.7. The molecule has 0 unspecified atom stereocenters. The van der Waals surface area contributed by atoms with Crippen LogP contribution in [0.3, 0.4) is 0 Å². The molecule has 5 nitrogen and oxygen atoms in total. The summed E-state index contributed by atoms with van der Waals surface area (Å²) in [5, 5.41) is 10.7. The van der Waals surface area contributed by atoms with Crippen LogP contribution in [0.25, 0.3) is 10.9 Å². The summed E-state index contributed by atoms with van der Waals surface area (Å²) >= 11 is 7.09. The molecular weight excluding hydrogens is 288 g/mol. The van der Waals surface area contributed by atoms with Crippen molar-refractivity contribution < 1.29 is 14.6 Å². The van der Waals surface area contributed by atoms with E-state index in [-0.39, 0.29) is 12.4 Å². The van der Waals surface area contributed by atoms with Gasteiger partial charge < -0.3 is 9.84 Å². The Balaban J connectivity index is 2.48. The molecule has 1 aromatic carbocycles. The van der Waals surface area contributed by atoms with E-state index < -0.39 is 5.97 Å². The minimum atomic E-state index is -0.896. The SMILES string of the molecule is COCc1nc(SCC(=O)O)c2cc(Cl)ccc2n1. The van der Waals surface area contributed by atoms with Crippen molar-refractivity contribution in [1.29, 1.82) is 0 Å². The Morgan fingerprint density at radius 1 is 1.47 bits per heavy atom. The van der Waals surface area contributed by atoms with Crippen molar-refractivity contribution in [3.8, 4) is 0 Å². The zero-order valence-corrected chi connectivity index (χ0v) is 11.7. The van der Waals surface area contributed by atoms with Crippen molar-refractivity contribution in [3.63, 3.8) is 0 Å². The molecule has 0 atom stereocenters. The molecule has 0 amide bonds. The van der Waals surface area contributed by atoms with E-state index in [1.807, 2.05) is 0 Å². The topological polar surface area (TPSA) is 72.3 Å². The molecule has 7 heteroatoms. The summed E-state index contributed by atoms with van der Waals surface area (Å²) in [6, 6.07) is 5.25. The number of rotatable bonds is 5. The standard InChI is InChI=1S/C12H11ClN2O3S/c1-18-5-10-14-9-3-2-7(13)4-8(9)12(15-10)19-6-11(16)17/h2-4H,5-6H2,1H3,(H,16,17). The number of fused-ring (bicyclic) bond motifs is 1. The van der Waals surface area contributed by atoms with E-state index in [0.717, 1.165) is 22.7 Å². The number of benzene rings is 1. The van der Waals surface area contributed by atoms with E-state index in [2.05, 4.69) is 9.97 Å². The average Bonchev–Trinajstić information content (AvgIpc) is 2.37. The first-order valence-corrected chi connectivity index (χ1v) is 6.76. The third-order valence-electron chi connectivity index (χ3n) is 2.27. The summed E-state index contributed by atoms with van der Waals surface area (Å²) in [7, 11) is 1.56. The Bertz CT molecular complexity index is 621. The Morgan fingerprint density at radius 3 is 2.95 bits per heavy atom. The van der Waals surface area contributed by atoms with Crippen LogP contribution in [-0.4, -0.2) is 33.9 Å². The molecule has 0 spiro atoms. The van der Waals surface area contributed by atoms with Gasteiger partial charge >= 0.3 is 5.97 Å². The fourth-order valence-corrected chi connectivity index (χ4v) is 2.47. The quantitative estimate of drug-likeness (QED) is 0.676. The minimum Gasteiger partial charge on any atom is -0.481 e. The molecule has 0 aliphatic carbocycles. The van der Waals surface area contributed by atoms with Gasteiger partial charge in [-0.05, 0) is 18.2 Å². The summed E-state index contributed by atoms with van der Waals surface area (Å²) in [5.74, 6) is -0.442. The van der Waals surface area contributed by atoms with E-state index >= 15 is 0 Å². The van der Waals surface area contributed by atoms with Crippen molar-refractivity contribution in [2.45, 2.75) is 11.6 Å². The molecule has 0 bridgehead atoms. The lowest BCUT2D eigenvalue weighted by Crippen LogP contribution is -2.02. The molecule has 0 fully saturated rings. The maximum Gasteiger partial charge on any atom is 0.313 e. The molecule has 1 N–H and O–H groups in total. The molecular formula is C12H11ClN2O3S. The van der Waals surface area contributed by atoms with Crippen LogP contribution >= 0.6 is 23.4 Å². The van der Waals surface area contributed by atoms with Crippen molar-refractivity contribution in [3.05, 3.63) is 29.0 Å². The van der Waals surface area contributed by atoms with Crippen molar-refractivity contribution in [2.24, 2.45) is 0 Å². The summed E-state index contributed by atoms with van der Waals surface area (Å²) in [6.45, 7) is 0.277. The van der Waals surface area contributed by atoms with Crippen LogP contribution in [0.4, 0.5) is 0 Å². The predicted molar refractivity (Wildman–Crippen MR) is 73.6 cm³/mol. The molecule has 0 saturated heterocycles. The Labute approximate surface area is 119 Å². The summed E-state index contributed by atoms with van der Waals surface area (Å²) in [4.78, 5) is 19.3. The minimum absolute atomic E-state index is 0.0644. The third kappa shape index (κ3) is 3.56. The number of thioether (sulfide) groups is 1. The molecule has 1 heterocycles. The normalized spacial score (nSPS) is 10.8. The number of nitrogens with zero attached hydrogens (tertiary/aromatic N) is 2. The van der Waals surface area contributed by atoms with Gasteiger partial charge in [0.25, 0.3) is 0 Å². The number of methoxy groups -OCH3 is 1. The highest BCUT2D eigenvalue weighted by Gasteiger charge is 2.10. The van der Waals surface area contributed by atoms with Gasteiger partial charge in [-0.2, -0.15) is 0 Å². The Hall–Kier alpha value is -1.37. The fraction of sp³-hybridized carbons (Fsp3) is 0.250. The molecule has 0 aliphatic rings. The number of halogens is 1. The fourth-order valence-electron chi connectivity index (χ4n) is 1.55. The van der Waals surface area contributed by atoms with Crippen molar-refractivity contribution in [2.75, 3.05) is 12.9 Å². The van der Waals surface area contributed by atoms with Gasteiger partial charge in [-0.15, -0.1) is 0 Å². The zero-order chi connectivity index (χ0) is 13.8. The molecule has 2 rings (SSSR count). The highest BCUT2D eigenvalue weighted by Crippen LogP contribution is 2.27. The Morgan fingerprint density at radius 2 is 2.26 bits per heavy atom. The van der Waals surface area contributed by atoms with Gasteiger partial charge in [0.2, 0.25) is 0 Å². The maximum atomic E-state index is 10.7. The van der Waals surface area contributed by atoms with Gasteiger partial charge in [0.05, 0.1) is 11.3 Å². The lowest BCUT2D eigenvalue weighted by molar-refractivity contribution is -0.133. The van der Waals surface area contributed by atoms with Crippen LogP contribution in [0.1, 0.15) is 5.82 Å². The molecule has 19 heavy (non-hydrogen) atoms. The number of hydrogen-bond acceptors (Lipinski definition) is 5. The number of carboxylic acid groups (broad SMARTS) is 1. The first-order valence-electron chi connectivity index (χ1n) is 5.40. The van der Waals surface area contributed by atoms with Gasteiger partial charge in [0.1, 0.15) is 11.6 Å². The van der Waals surface area contributed by atoms with Crippen LogP contribution in [0.5, 0.6) is 0 Å². The number of ether oxygens (including phenoxy) is 1. The third-order valence-corrected chi connectivity index (χ3v) is 3.49. The number of carboxylic acids is 1. The first-order chi connectivity index (χ1) is 9.10. The molecule has 0 aliphatic heterocycles. The highest BCUT2D eigenvalue weighted by atomic mass is 35.5. The van der Waals surface area contributed by atoms with Crippen LogP contribution in [-0.2, 0) is 16.1 Å². The van der Waals surface area contributed by atoms with Gasteiger partial charge in [-0.1, -0.05) is 23.4 Å². The molecule has 100 valence electrons. The van der Waals surface area contributed by atoms with Crippen LogP contribution in [0.15, 0.2) is 23.2 Å². The smallest absolute Gasteiger partial charge is 0.313 e. The number of aromatic nitrogens is 2. The number of carbonyl (C=O) groups is 1. The number of hydrogen-bond donors (Lipinski definition) is 1. The molecule has 0 radical (unpaired) electrons. The van der Waals surface area contributed by atoms with Crippen LogP contribution in [0, 0.1) is 0 Å². The largest absolute Gasteiger partial charge is 0.481 e. The Kier molecular flexibility index (Phi) is 4.57. The number of aliphatic carboxylic acids is 1. The van der Waals surface area contributed by atoms with E-state index in [1.165, 1.54) is 0 Å². The second kappa shape index (κ2) is 6.18. The van der Waals surface area contributed by atoms with E-state index in [4.69, 9.17) is 21.4 Å². The molecule has 0 saturated carbocycles. The second-order valence-electron chi connectivity index (χ2n) is 3.72. The lowest BCUT2D eigenvalue weighted by Gasteiger charge is -2.07. The van der Waals surface area contributed by atoms with Gasteiger partial charge in [-0.3, -0.25) is 4.79 Å². The first kappa shape index (κ1) is 14.0. The van der Waals surface area contributed by atoms with Crippen molar-refractivity contribution in [1.82, 2.24) is 9.97 Å². The molecule has 1 aromatic heterocycles. The van der Waals surface area contributed by atoms with Crippen LogP contribution < -0.4 is 0 Å². The summed E-state index contributed by atoms with van der Waals surface area (Å²) in [6.07, 6.45) is 0. The second-order valence-corrected chi connectivity index (χ2v) is 5.12. The summed E-state index contributed by atoms with van der Waals surface area (Å²) < 4.78 is 5.00. The van der Waals surface area contributed by atoms with Gasteiger partial charge in [0, 0.05) is 17.5 Å². The van der Waals surface area contributed by atoms with E-state index in [9.17, 15) is 4.79 Å². The highest BCUT2D eigenvalue weighted by molar-refractivity contribution is 8.00. The van der Waals surface area contributed by atoms with E-state index in [0.29, 0.717) is 15.9 Å². The van der Waals surface area contributed by atoms with Crippen LogP contribution in [0.2, 0.25) is 5.02 Å².